The standard InChI is InChI=1S/C38H42N6O6S.C38H40N6O4/c1-49-34(45)43-19-17-37(29-13-6-4-10-25(29)22-32(37)43)40-39-31-15-7-14-30-27(31)23-33-38(30,18-20-44(33)35(46)50-2)42-51(47,48)41-36-16-8-11-26(36)21-24-9-3-5-12-28(24)36;1-47-34(45)43-19-17-37(29-13-6-4-10-25(29)22-32(37)43)40-39-31-15-7-14-30-27(31)23-33-38(30,18-20-44(33)35(46)48-2)42-41-36-16-8-11-26(36)21-24-9-3-5-12-28(24)36/h3-7,9-10,12-15,26,32-33,41-42H,8,11,16-23H2,1-2H3;3-7,9-10,12-15,26,32-33H,8,11,16-23H2,1-2H3/t2*26-,32+,33+,36+,37+,38+/m11/s1. The quantitative estimate of drug-likeness (QED) is 0.0969. The van der Waals surface area contributed by atoms with Crippen molar-refractivity contribution in [1.82, 2.24) is 29.0 Å². The molecule has 4 saturated heterocycles. The van der Waals surface area contributed by atoms with Crippen molar-refractivity contribution in [2.75, 3.05) is 54.6 Å². The van der Waals surface area contributed by atoms with E-state index in [9.17, 15) is 27.6 Å². The first kappa shape index (κ1) is 63.5. The highest BCUT2D eigenvalue weighted by Gasteiger charge is 2.63. The Hall–Kier alpha value is -8.93. The number of benzene rings is 6. The lowest BCUT2D eigenvalue weighted by Gasteiger charge is -2.37. The fourth-order valence-electron chi connectivity index (χ4n) is 21.1. The summed E-state index contributed by atoms with van der Waals surface area (Å²) in [6.07, 6.45) is 10.9. The van der Waals surface area contributed by atoms with E-state index in [-0.39, 0.29) is 47.9 Å². The third-order valence-corrected chi connectivity index (χ3v) is 26.7. The number of likely N-dealkylation sites (tertiary alicyclic amines) is 4. The third-order valence-electron chi connectivity index (χ3n) is 25.4. The number of ether oxygens (including phenoxy) is 4. The Labute approximate surface area is 576 Å². The van der Waals surface area contributed by atoms with E-state index in [1.165, 1.54) is 50.7 Å². The summed E-state index contributed by atoms with van der Waals surface area (Å²) in [6, 6.07) is 44.1. The Balaban J connectivity index is 0.000000149. The van der Waals surface area contributed by atoms with Crippen LogP contribution >= 0.6 is 0 Å². The van der Waals surface area contributed by atoms with Crippen molar-refractivity contribution in [1.29, 1.82) is 0 Å². The molecule has 23 heteroatoms. The maximum Gasteiger partial charge on any atom is 0.409 e. The molecule has 0 spiro atoms. The highest BCUT2D eigenvalue weighted by Crippen LogP contribution is 2.60. The molecule has 6 aromatic rings. The zero-order valence-corrected chi connectivity index (χ0v) is 57.1. The summed E-state index contributed by atoms with van der Waals surface area (Å²) >= 11 is 0. The van der Waals surface area contributed by atoms with Gasteiger partial charge >= 0.3 is 24.4 Å². The number of hydrogen-bond donors (Lipinski definition) is 2. The smallest absolute Gasteiger partial charge is 0.409 e. The van der Waals surface area contributed by atoms with Crippen LogP contribution in [0.2, 0.25) is 0 Å². The van der Waals surface area contributed by atoms with Crippen LogP contribution in [0.3, 0.4) is 0 Å². The summed E-state index contributed by atoms with van der Waals surface area (Å²) in [6.45, 7) is 1.95. The number of carbonyl (C=O) groups is 4. The van der Waals surface area contributed by atoms with Crippen molar-refractivity contribution in [3.05, 3.63) is 200 Å². The highest BCUT2D eigenvalue weighted by molar-refractivity contribution is 7.87. The molecular formula is C76H82N12O10S. The first-order valence-corrected chi connectivity index (χ1v) is 36.7. The lowest BCUT2D eigenvalue weighted by atomic mass is 9.86. The topological polar surface area (TPSA) is 251 Å². The summed E-state index contributed by atoms with van der Waals surface area (Å²) in [4.78, 5) is 58.9. The molecule has 0 unspecified atom stereocenters. The Morgan fingerprint density at radius 1 is 0.384 bits per heavy atom. The molecule has 0 aromatic heterocycles. The summed E-state index contributed by atoms with van der Waals surface area (Å²) < 4.78 is 56.0. The molecule has 99 heavy (non-hydrogen) atoms. The molecule has 2 saturated carbocycles. The van der Waals surface area contributed by atoms with Gasteiger partial charge in [0.2, 0.25) is 0 Å². The van der Waals surface area contributed by atoms with Gasteiger partial charge < -0.3 is 38.5 Å². The first-order valence-electron chi connectivity index (χ1n) is 35.2. The van der Waals surface area contributed by atoms with Crippen LogP contribution in [0.15, 0.2) is 164 Å². The number of fused-ring (bicyclic) bond motifs is 18. The maximum atomic E-state index is 14.5. The van der Waals surface area contributed by atoms with Gasteiger partial charge in [0.1, 0.15) is 22.2 Å². The normalized spacial score (nSPS) is 31.8. The lowest BCUT2D eigenvalue weighted by molar-refractivity contribution is 0.111. The SMILES string of the molecule is COC(=O)N1CC[C@]2(N=Nc3cccc4c3C[C@@H]3N(C(=O)OC)CC[C@]43N=N[C@@]34CCC[C@@H]3Cc3ccccc34)c3ccccc3C[C@H]12.COC(=O)N1CC[C@]2(N=Nc3cccc4c3C[C@@H]3N(C(=O)OC)CC[C@]43NS(=O)(=O)N[C@@]34CCC[C@@H]3Cc3ccccc34)c3ccccc3C[C@H]12. The van der Waals surface area contributed by atoms with E-state index >= 15 is 0 Å². The molecule has 0 radical (unpaired) electrons. The fraction of sp³-hybridized carbons (Fsp3) is 0.474. The number of methoxy groups -OCH3 is 4. The highest BCUT2D eigenvalue weighted by atomic mass is 32.2. The number of rotatable bonds is 10. The minimum absolute atomic E-state index is 0.162. The van der Waals surface area contributed by atoms with E-state index in [1.54, 1.807) is 14.7 Å². The maximum absolute atomic E-state index is 14.5. The molecule has 18 rings (SSSR count). The van der Waals surface area contributed by atoms with Crippen molar-refractivity contribution in [2.24, 2.45) is 42.5 Å². The van der Waals surface area contributed by atoms with E-state index in [1.807, 2.05) is 71.6 Å². The van der Waals surface area contributed by atoms with Crippen LogP contribution in [0.5, 0.6) is 0 Å². The van der Waals surface area contributed by atoms with E-state index < -0.39 is 50.0 Å². The van der Waals surface area contributed by atoms with E-state index in [0.29, 0.717) is 89.2 Å². The zero-order chi connectivity index (χ0) is 67.8. The molecule has 22 nitrogen and oxygen atoms in total. The van der Waals surface area contributed by atoms with Gasteiger partial charge in [0.25, 0.3) is 10.2 Å². The summed E-state index contributed by atoms with van der Waals surface area (Å²) in [7, 11) is 1.51. The van der Waals surface area contributed by atoms with Gasteiger partial charge in [0.05, 0.1) is 75.1 Å². The number of carbonyl (C=O) groups excluding carboxylic acids is 4. The average molecular weight is 1360 g/mol. The number of hydrogen-bond acceptors (Lipinski definition) is 16. The van der Waals surface area contributed by atoms with E-state index in [0.717, 1.165) is 102 Å². The van der Waals surface area contributed by atoms with Crippen LogP contribution in [0.25, 0.3) is 0 Å². The summed E-state index contributed by atoms with van der Waals surface area (Å²) in [5.74, 6) is 0.637. The van der Waals surface area contributed by atoms with Crippen molar-refractivity contribution >= 4 is 46.0 Å². The second-order valence-electron chi connectivity index (χ2n) is 29.3. The van der Waals surface area contributed by atoms with E-state index in [2.05, 4.69) is 76.2 Å². The summed E-state index contributed by atoms with van der Waals surface area (Å²) in [5.41, 5.74) is 10.4. The molecular weight excluding hydrogens is 1270 g/mol. The molecule has 4 aliphatic heterocycles. The average Bonchev–Trinajstić information content (AvgIpc) is 1.56. The van der Waals surface area contributed by atoms with Crippen LogP contribution in [0, 0.1) is 11.8 Å². The second kappa shape index (κ2) is 23.6. The predicted molar refractivity (Wildman–Crippen MR) is 365 cm³/mol. The Morgan fingerprint density at radius 3 is 1.32 bits per heavy atom. The van der Waals surface area contributed by atoms with Crippen LogP contribution < -0.4 is 9.44 Å². The van der Waals surface area contributed by atoms with E-state index in [4.69, 9.17) is 49.6 Å². The molecule has 6 aromatic carbocycles. The molecule has 2 N–H and O–H groups in total. The van der Waals surface area contributed by atoms with Crippen molar-refractivity contribution in [3.8, 4) is 0 Å². The van der Waals surface area contributed by atoms with Crippen molar-refractivity contribution < 1.29 is 46.5 Å². The number of nitrogens with zero attached hydrogens (tertiary/aromatic N) is 10. The van der Waals surface area contributed by atoms with Crippen molar-refractivity contribution in [2.45, 2.75) is 160 Å². The molecule has 4 heterocycles. The lowest BCUT2D eigenvalue weighted by Crippen LogP contribution is -2.59. The monoisotopic (exact) mass is 1350 g/mol. The fourth-order valence-corrected chi connectivity index (χ4v) is 22.8. The van der Waals surface area contributed by atoms with Crippen LogP contribution in [-0.4, -0.2) is 131 Å². The molecule has 12 atom stereocenters. The van der Waals surface area contributed by atoms with Gasteiger partial charge in [-0.05, 0) is 181 Å². The predicted octanol–water partition coefficient (Wildman–Crippen LogP) is 12.7. The molecule has 6 fully saturated rings. The summed E-state index contributed by atoms with van der Waals surface area (Å²) in [5, 5.41) is 30.9. The van der Waals surface area contributed by atoms with Gasteiger partial charge in [0.15, 0.2) is 0 Å². The Kier molecular flexibility index (Phi) is 15.1. The number of azo groups is 3. The van der Waals surface area contributed by atoms with Crippen molar-refractivity contribution in [3.63, 3.8) is 0 Å². The second-order valence-corrected chi connectivity index (χ2v) is 30.7. The molecule has 12 aliphatic rings. The molecule has 512 valence electrons. The molecule has 4 amide bonds. The van der Waals surface area contributed by atoms with Gasteiger partial charge in [-0.2, -0.15) is 48.5 Å². The molecule has 0 bridgehead atoms. The van der Waals surface area contributed by atoms with Gasteiger partial charge in [-0.1, -0.05) is 134 Å². The number of amides is 4. The minimum Gasteiger partial charge on any atom is -0.453 e. The van der Waals surface area contributed by atoms with Gasteiger partial charge in [-0.15, -0.1) is 0 Å². The third kappa shape index (κ3) is 9.40. The van der Waals surface area contributed by atoms with Gasteiger partial charge in [-0.25, -0.2) is 19.2 Å². The Bertz CT molecular complexity index is 4550. The zero-order valence-electron chi connectivity index (χ0n) is 56.3. The van der Waals surface area contributed by atoms with Crippen LogP contribution in [0.1, 0.15) is 131 Å². The molecule has 8 aliphatic carbocycles. The Morgan fingerprint density at radius 2 is 0.768 bits per heavy atom. The van der Waals surface area contributed by atoms with Crippen LogP contribution in [0.4, 0.5) is 30.6 Å². The number of nitrogens with one attached hydrogen (secondary N) is 2. The van der Waals surface area contributed by atoms with Gasteiger partial charge in [0, 0.05) is 26.2 Å². The largest absolute Gasteiger partial charge is 0.453 e. The van der Waals surface area contributed by atoms with Gasteiger partial charge in [-0.3, -0.25) is 0 Å². The first-order chi connectivity index (χ1) is 48.1. The minimum atomic E-state index is -4.10. The van der Waals surface area contributed by atoms with Crippen LogP contribution in [-0.2, 0) is 101 Å².